The Morgan fingerprint density at radius 3 is 2.39 bits per heavy atom. The monoisotopic (exact) mass is 779 g/mol. The Morgan fingerprint density at radius 2 is 1.62 bits per heavy atom. The molecule has 0 saturated carbocycles. The molecule has 1 aromatic heterocycles. The minimum atomic E-state index is -1.49. The highest BCUT2D eigenvalue weighted by molar-refractivity contribution is 6.06. The Bertz CT molecular complexity index is 2200. The lowest BCUT2D eigenvalue weighted by Crippen LogP contribution is -2.51. The second-order valence-corrected chi connectivity index (χ2v) is 16.3. The van der Waals surface area contributed by atoms with Gasteiger partial charge >= 0.3 is 0 Å². The molecule has 0 bridgehead atoms. The summed E-state index contributed by atoms with van der Waals surface area (Å²) in [6.45, 7) is 6.02. The van der Waals surface area contributed by atoms with Gasteiger partial charge in [-0.1, -0.05) is 6.07 Å². The highest BCUT2D eigenvalue weighted by Crippen LogP contribution is 2.58. The lowest BCUT2D eigenvalue weighted by atomic mass is 9.77. The first kappa shape index (κ1) is 36.5. The second-order valence-electron chi connectivity index (χ2n) is 16.3. The molecule has 16 nitrogen and oxygen atoms in total. The SMILES string of the molecule is CC1OC(OC2CCC(O[C@@H]3C[C@H](O)c4c(oc5c6c7c(c(O)c5c4=O)-c4c(cc5c(c4O)C(=O)N4CCO[C@]4(C)C5)C[C@H]7OCO6)[C@H]3O)OC2C)CCC1O. The quantitative estimate of drug-likeness (QED) is 0.257. The molecule has 0 spiro atoms. The van der Waals surface area contributed by atoms with E-state index in [2.05, 4.69) is 0 Å². The number of rotatable bonds is 4. The van der Waals surface area contributed by atoms with Crippen LogP contribution in [0.1, 0.15) is 110 Å². The number of nitrogens with zero attached hydrogens (tertiary/aromatic N) is 1. The van der Waals surface area contributed by atoms with Crippen molar-refractivity contribution in [3.05, 3.63) is 49.9 Å². The van der Waals surface area contributed by atoms with E-state index < -0.39 is 72.0 Å². The number of aliphatic hydroxyl groups excluding tert-OH is 3. The van der Waals surface area contributed by atoms with Gasteiger partial charge in [0.15, 0.2) is 30.7 Å². The van der Waals surface area contributed by atoms with Crippen LogP contribution in [0.3, 0.4) is 0 Å². The first-order valence-corrected chi connectivity index (χ1v) is 19.5. The second kappa shape index (κ2) is 13.1. The first-order valence-electron chi connectivity index (χ1n) is 19.5. The van der Waals surface area contributed by atoms with Crippen molar-refractivity contribution in [3.8, 4) is 28.4 Å². The number of ether oxygens (including phenoxy) is 7. The number of hydrogen-bond acceptors (Lipinski definition) is 15. The van der Waals surface area contributed by atoms with Crippen molar-refractivity contribution in [2.24, 2.45) is 0 Å². The minimum absolute atomic E-state index is 0.0740. The van der Waals surface area contributed by atoms with E-state index >= 15 is 0 Å². The lowest BCUT2D eigenvalue weighted by Gasteiger charge is -2.41. The molecule has 7 aliphatic rings. The van der Waals surface area contributed by atoms with Crippen molar-refractivity contribution in [3.63, 3.8) is 0 Å². The molecule has 56 heavy (non-hydrogen) atoms. The van der Waals surface area contributed by atoms with Crippen LogP contribution < -0.4 is 10.2 Å². The molecule has 3 fully saturated rings. The van der Waals surface area contributed by atoms with Crippen LogP contribution in [0.2, 0.25) is 0 Å². The van der Waals surface area contributed by atoms with E-state index in [9.17, 15) is 35.1 Å². The van der Waals surface area contributed by atoms with Gasteiger partial charge in [0, 0.05) is 55.3 Å². The molecule has 10 rings (SSSR count). The largest absolute Gasteiger partial charge is 0.506 e. The molecule has 3 saturated heterocycles. The molecule has 1 amide bonds. The third-order valence-corrected chi connectivity index (χ3v) is 12.8. The number of aliphatic hydroxyl groups is 3. The van der Waals surface area contributed by atoms with Crippen LogP contribution >= 0.6 is 0 Å². The topological polar surface area (TPSA) is 216 Å². The third-order valence-electron chi connectivity index (χ3n) is 12.8. The van der Waals surface area contributed by atoms with Gasteiger partial charge in [-0.2, -0.15) is 0 Å². The Hall–Kier alpha value is -3.84. The highest BCUT2D eigenvalue weighted by atomic mass is 16.7. The van der Waals surface area contributed by atoms with Gasteiger partial charge in [0.25, 0.3) is 5.91 Å². The number of hydrogen-bond donors (Lipinski definition) is 5. The van der Waals surface area contributed by atoms with Crippen LogP contribution in [0.5, 0.6) is 17.2 Å². The summed E-state index contributed by atoms with van der Waals surface area (Å²) in [6.07, 6.45) is -4.81. The predicted molar refractivity (Wildman–Crippen MR) is 191 cm³/mol. The van der Waals surface area contributed by atoms with E-state index in [-0.39, 0.29) is 82.3 Å². The maximum absolute atomic E-state index is 14.4. The summed E-state index contributed by atoms with van der Waals surface area (Å²) in [4.78, 5) is 29.8. The van der Waals surface area contributed by atoms with Crippen molar-refractivity contribution in [1.82, 2.24) is 4.90 Å². The number of amides is 1. The minimum Gasteiger partial charge on any atom is -0.506 e. The van der Waals surface area contributed by atoms with E-state index in [0.717, 1.165) is 0 Å². The summed E-state index contributed by atoms with van der Waals surface area (Å²) in [6, 6.07) is 1.83. The number of fused-ring (bicyclic) bond motifs is 7. The molecule has 5 aliphatic heterocycles. The lowest BCUT2D eigenvalue weighted by molar-refractivity contribution is -0.293. The van der Waals surface area contributed by atoms with Crippen LogP contribution in [0.25, 0.3) is 22.1 Å². The summed E-state index contributed by atoms with van der Waals surface area (Å²) in [5.41, 5.74) is -0.111. The zero-order valence-electron chi connectivity index (χ0n) is 31.2. The number of phenols is 2. The van der Waals surface area contributed by atoms with E-state index in [1.54, 1.807) is 11.8 Å². The van der Waals surface area contributed by atoms with Gasteiger partial charge < -0.3 is 68.0 Å². The zero-order valence-corrected chi connectivity index (χ0v) is 31.2. The van der Waals surface area contributed by atoms with Crippen molar-refractivity contribution in [2.45, 2.75) is 133 Å². The summed E-state index contributed by atoms with van der Waals surface area (Å²) in [5.74, 6) is -1.40. The average molecular weight is 780 g/mol. The fourth-order valence-electron chi connectivity index (χ4n) is 9.92. The van der Waals surface area contributed by atoms with Crippen molar-refractivity contribution in [2.75, 3.05) is 19.9 Å². The Balaban J connectivity index is 0.981. The van der Waals surface area contributed by atoms with Crippen LogP contribution in [0.15, 0.2) is 15.3 Å². The normalized spacial score (nSPS) is 36.0. The summed E-state index contributed by atoms with van der Waals surface area (Å²) in [7, 11) is 0. The molecule has 16 heteroatoms. The molecule has 2 aliphatic carbocycles. The summed E-state index contributed by atoms with van der Waals surface area (Å²) < 4.78 is 48.5. The molecular formula is C40H45NO15. The van der Waals surface area contributed by atoms with Crippen LogP contribution in [-0.2, 0) is 41.3 Å². The van der Waals surface area contributed by atoms with E-state index in [4.69, 9.17) is 37.6 Å². The fourth-order valence-corrected chi connectivity index (χ4v) is 9.92. The van der Waals surface area contributed by atoms with Gasteiger partial charge in [-0.05, 0) is 44.7 Å². The van der Waals surface area contributed by atoms with Gasteiger partial charge in [0.2, 0.25) is 5.43 Å². The smallest absolute Gasteiger partial charge is 0.260 e. The Kier molecular flexibility index (Phi) is 8.53. The van der Waals surface area contributed by atoms with Crippen LogP contribution in [0.4, 0.5) is 0 Å². The van der Waals surface area contributed by atoms with Crippen molar-refractivity contribution in [1.29, 1.82) is 0 Å². The number of phenolic OH excluding ortho intramolecular Hbond substituents is 2. The standard InChI is InChI=1S/C40H45NO15/c1-15-19(42)4-6-24(52-15)54-21-5-7-25(53-16(21)2)55-23-12-20(43)28-34(46)31-35(47)30-26-17(10-18-13-40(3)41(8-9-51-40)39(48)27(18)33(26)45)11-22-29(30)37(50-14-49-22)38(31)56-36(28)32(23)44/h10,15-16,19-25,32,42-45,47H,4-9,11-14H2,1-3H3/t15?,16?,19?,20-,21?,22+,23+,24?,25?,32-,40+/m0/s1. The van der Waals surface area contributed by atoms with Gasteiger partial charge in [-0.3, -0.25) is 9.59 Å². The predicted octanol–water partition coefficient (Wildman–Crippen LogP) is 3.23. The van der Waals surface area contributed by atoms with Gasteiger partial charge in [0.1, 0.15) is 34.5 Å². The average Bonchev–Trinajstić information content (AvgIpc) is 3.55. The van der Waals surface area contributed by atoms with Gasteiger partial charge in [-0.15, -0.1) is 0 Å². The molecule has 6 heterocycles. The maximum atomic E-state index is 14.4. The Labute approximate surface area is 320 Å². The highest BCUT2D eigenvalue weighted by Gasteiger charge is 2.50. The number of benzene rings is 2. The first-order chi connectivity index (χ1) is 26.8. The third kappa shape index (κ3) is 5.38. The van der Waals surface area contributed by atoms with E-state index in [1.807, 2.05) is 19.9 Å². The number of carbonyl (C=O) groups is 1. The van der Waals surface area contributed by atoms with Crippen molar-refractivity contribution >= 4 is 16.9 Å². The van der Waals surface area contributed by atoms with E-state index in [1.165, 1.54) is 0 Å². The molecule has 0 radical (unpaired) electrons. The fraction of sp³-hybridized carbons (Fsp3) is 0.600. The number of aromatic hydroxyl groups is 2. The molecule has 300 valence electrons. The molecular weight excluding hydrogens is 734 g/mol. The van der Waals surface area contributed by atoms with Crippen LogP contribution in [-0.4, -0.2) is 105 Å². The van der Waals surface area contributed by atoms with Gasteiger partial charge in [0.05, 0.1) is 60.5 Å². The molecule has 11 atom stereocenters. The zero-order chi connectivity index (χ0) is 38.9. The van der Waals surface area contributed by atoms with E-state index in [0.29, 0.717) is 61.9 Å². The van der Waals surface area contributed by atoms with Crippen molar-refractivity contribution < 1.29 is 67.9 Å². The van der Waals surface area contributed by atoms with Gasteiger partial charge in [-0.25, -0.2) is 0 Å². The molecule has 5 N–H and O–H groups in total. The number of carbonyl (C=O) groups excluding carboxylic acids is 1. The molecule has 3 aromatic rings. The van der Waals surface area contributed by atoms with Crippen LogP contribution in [0, 0.1) is 0 Å². The molecule has 6 unspecified atom stereocenters. The Morgan fingerprint density at radius 1 is 0.875 bits per heavy atom. The summed E-state index contributed by atoms with van der Waals surface area (Å²) in [5, 5.41) is 56.7. The summed E-state index contributed by atoms with van der Waals surface area (Å²) >= 11 is 0. The molecule has 2 aromatic carbocycles. The maximum Gasteiger partial charge on any atom is 0.260 e.